The summed E-state index contributed by atoms with van der Waals surface area (Å²) < 4.78 is 1.94. The van der Waals surface area contributed by atoms with Crippen LogP contribution in [0.4, 0.5) is 0 Å². The summed E-state index contributed by atoms with van der Waals surface area (Å²) >= 11 is 1.52. The number of carbonyl (C=O) groups is 1. The molecule has 0 radical (unpaired) electrons. The molecule has 3 aromatic heterocycles. The van der Waals surface area contributed by atoms with Crippen molar-refractivity contribution in [3.63, 3.8) is 0 Å². The molecule has 24 heavy (non-hydrogen) atoms. The van der Waals surface area contributed by atoms with Crippen LogP contribution in [0.1, 0.15) is 39.0 Å². The maximum Gasteiger partial charge on any atom is 0.263 e. The van der Waals surface area contributed by atoms with Gasteiger partial charge in [-0.15, -0.1) is 11.3 Å². The Hall–Kier alpha value is -2.25. The van der Waals surface area contributed by atoms with Crippen molar-refractivity contribution in [3.8, 4) is 0 Å². The van der Waals surface area contributed by atoms with Gasteiger partial charge in [0, 0.05) is 31.1 Å². The molecule has 0 unspecified atom stereocenters. The summed E-state index contributed by atoms with van der Waals surface area (Å²) in [5, 5.41) is 7.41. The molecule has 0 aliphatic carbocycles. The van der Waals surface area contributed by atoms with Crippen molar-refractivity contribution in [3.05, 3.63) is 52.4 Å². The van der Waals surface area contributed by atoms with Gasteiger partial charge in [0.1, 0.15) is 10.5 Å². The van der Waals surface area contributed by atoms with E-state index in [1.54, 1.807) is 12.4 Å². The van der Waals surface area contributed by atoms with Crippen LogP contribution in [0.15, 0.2) is 36.9 Å². The van der Waals surface area contributed by atoms with Crippen molar-refractivity contribution in [2.75, 3.05) is 13.1 Å². The Morgan fingerprint density at radius 3 is 3.08 bits per heavy atom. The Morgan fingerprint density at radius 2 is 2.21 bits per heavy atom. The van der Waals surface area contributed by atoms with Gasteiger partial charge in [0.25, 0.3) is 5.91 Å². The smallest absolute Gasteiger partial charge is 0.263 e. The molecule has 3 aromatic rings. The summed E-state index contributed by atoms with van der Waals surface area (Å²) in [7, 11) is 0. The summed E-state index contributed by atoms with van der Waals surface area (Å²) in [5.41, 5.74) is 1.91. The number of piperidine rings is 1. The third-order valence-electron chi connectivity index (χ3n) is 4.35. The predicted octanol–water partition coefficient (Wildman–Crippen LogP) is 2.19. The fourth-order valence-corrected chi connectivity index (χ4v) is 3.99. The summed E-state index contributed by atoms with van der Waals surface area (Å²) in [4.78, 5) is 21.8. The largest absolute Gasteiger partial charge is 0.347 e. The molecule has 1 fully saturated rings. The number of aromatic nitrogens is 3. The highest BCUT2D eigenvalue weighted by Crippen LogP contribution is 2.28. The molecule has 0 bridgehead atoms. The number of nitrogens with zero attached hydrogens (tertiary/aromatic N) is 3. The minimum Gasteiger partial charge on any atom is -0.347 e. The Bertz CT molecular complexity index is 849. The third-order valence-corrected chi connectivity index (χ3v) is 5.51. The van der Waals surface area contributed by atoms with E-state index in [0.717, 1.165) is 42.1 Å². The lowest BCUT2D eigenvalue weighted by Gasteiger charge is -2.20. The summed E-state index contributed by atoms with van der Waals surface area (Å²) in [6, 6.07) is 3.97. The SMILES string of the molecule is O=C(NCc1ccn2ccnc2c1)c1cnc(C2CCNCC2)s1. The van der Waals surface area contributed by atoms with Crippen LogP contribution < -0.4 is 10.6 Å². The van der Waals surface area contributed by atoms with Crippen LogP contribution in [0, 0.1) is 0 Å². The lowest BCUT2D eigenvalue weighted by Crippen LogP contribution is -2.26. The number of hydrogen-bond donors (Lipinski definition) is 2. The minimum absolute atomic E-state index is 0.0594. The number of hydrogen-bond acceptors (Lipinski definition) is 5. The average molecular weight is 341 g/mol. The van der Waals surface area contributed by atoms with Gasteiger partial charge in [-0.05, 0) is 43.6 Å². The molecule has 2 N–H and O–H groups in total. The summed E-state index contributed by atoms with van der Waals surface area (Å²) in [6.45, 7) is 2.55. The van der Waals surface area contributed by atoms with Crippen LogP contribution in [0.5, 0.6) is 0 Å². The van der Waals surface area contributed by atoms with Crippen molar-refractivity contribution in [2.24, 2.45) is 0 Å². The number of imidazole rings is 1. The summed E-state index contributed by atoms with van der Waals surface area (Å²) in [5.74, 6) is 0.427. The fourth-order valence-electron chi connectivity index (χ4n) is 2.98. The lowest BCUT2D eigenvalue weighted by atomic mass is 9.99. The van der Waals surface area contributed by atoms with Gasteiger partial charge >= 0.3 is 0 Å². The second-order valence-corrected chi connectivity index (χ2v) is 7.06. The molecule has 6 nitrogen and oxygen atoms in total. The van der Waals surface area contributed by atoms with Crippen molar-refractivity contribution < 1.29 is 4.79 Å². The number of thiazole rings is 1. The van der Waals surface area contributed by atoms with E-state index in [2.05, 4.69) is 20.6 Å². The molecule has 4 heterocycles. The van der Waals surface area contributed by atoms with E-state index in [9.17, 15) is 4.79 Å². The first-order valence-electron chi connectivity index (χ1n) is 8.16. The Kier molecular flexibility index (Phi) is 4.27. The number of carbonyl (C=O) groups excluding carboxylic acids is 1. The molecular formula is C17H19N5OS. The van der Waals surface area contributed by atoms with Gasteiger partial charge in [0.2, 0.25) is 0 Å². The monoisotopic (exact) mass is 341 g/mol. The standard InChI is InChI=1S/C17H19N5OS/c23-16(14-11-21-17(24-14)13-1-4-18-5-2-13)20-10-12-3-7-22-8-6-19-15(22)9-12/h3,6-9,11,13,18H,1-2,4-5,10H2,(H,20,23). The predicted molar refractivity (Wildman–Crippen MR) is 93.3 cm³/mol. The molecular weight excluding hydrogens is 322 g/mol. The molecule has 0 atom stereocenters. The zero-order chi connectivity index (χ0) is 16.4. The van der Waals surface area contributed by atoms with E-state index < -0.39 is 0 Å². The quantitative estimate of drug-likeness (QED) is 0.763. The molecule has 124 valence electrons. The van der Waals surface area contributed by atoms with Gasteiger partial charge in [-0.25, -0.2) is 9.97 Å². The van der Waals surface area contributed by atoms with Gasteiger partial charge < -0.3 is 15.0 Å². The van der Waals surface area contributed by atoms with Gasteiger partial charge in [-0.3, -0.25) is 4.79 Å². The zero-order valence-corrected chi connectivity index (χ0v) is 14.1. The van der Waals surface area contributed by atoms with E-state index in [-0.39, 0.29) is 5.91 Å². The second-order valence-electron chi connectivity index (χ2n) is 6.00. The number of rotatable bonds is 4. The van der Waals surface area contributed by atoms with Crippen molar-refractivity contribution >= 4 is 22.9 Å². The molecule has 0 spiro atoms. The summed E-state index contributed by atoms with van der Waals surface area (Å²) in [6.07, 6.45) is 9.51. The molecule has 7 heteroatoms. The molecule has 1 amide bonds. The molecule has 1 aliphatic heterocycles. The topological polar surface area (TPSA) is 71.3 Å². The Labute approximate surface area is 143 Å². The van der Waals surface area contributed by atoms with E-state index in [1.165, 1.54) is 11.3 Å². The first-order valence-corrected chi connectivity index (χ1v) is 8.97. The maximum atomic E-state index is 12.4. The highest BCUT2D eigenvalue weighted by atomic mass is 32.1. The van der Waals surface area contributed by atoms with Crippen LogP contribution in [0.3, 0.4) is 0 Å². The molecule has 1 aliphatic rings. The molecule has 1 saturated heterocycles. The van der Waals surface area contributed by atoms with Crippen LogP contribution in [-0.4, -0.2) is 33.4 Å². The molecule has 4 rings (SSSR count). The highest BCUT2D eigenvalue weighted by molar-refractivity contribution is 7.13. The van der Waals surface area contributed by atoms with E-state index in [4.69, 9.17) is 0 Å². The number of nitrogens with one attached hydrogen (secondary N) is 2. The maximum absolute atomic E-state index is 12.4. The Morgan fingerprint density at radius 1 is 1.33 bits per heavy atom. The fraction of sp³-hybridized carbons (Fsp3) is 0.353. The lowest BCUT2D eigenvalue weighted by molar-refractivity contribution is 0.0954. The number of pyridine rings is 1. The van der Waals surface area contributed by atoms with Gasteiger partial charge in [0.05, 0.1) is 11.2 Å². The average Bonchev–Trinajstić information content (AvgIpc) is 3.29. The van der Waals surface area contributed by atoms with E-state index in [0.29, 0.717) is 17.3 Å². The van der Waals surface area contributed by atoms with E-state index in [1.807, 2.05) is 28.9 Å². The van der Waals surface area contributed by atoms with Gasteiger partial charge in [0.15, 0.2) is 0 Å². The number of amides is 1. The van der Waals surface area contributed by atoms with Crippen LogP contribution >= 0.6 is 11.3 Å². The van der Waals surface area contributed by atoms with Crippen LogP contribution in [0.25, 0.3) is 5.65 Å². The Balaban J connectivity index is 1.39. The van der Waals surface area contributed by atoms with Crippen molar-refractivity contribution in [1.29, 1.82) is 0 Å². The van der Waals surface area contributed by atoms with Gasteiger partial charge in [-0.1, -0.05) is 0 Å². The van der Waals surface area contributed by atoms with Crippen molar-refractivity contribution in [2.45, 2.75) is 25.3 Å². The second kappa shape index (κ2) is 6.70. The van der Waals surface area contributed by atoms with Gasteiger partial charge in [-0.2, -0.15) is 0 Å². The normalized spacial score (nSPS) is 15.7. The van der Waals surface area contributed by atoms with E-state index >= 15 is 0 Å². The molecule has 0 aromatic carbocycles. The number of fused-ring (bicyclic) bond motifs is 1. The van der Waals surface area contributed by atoms with Crippen LogP contribution in [0.2, 0.25) is 0 Å². The first-order chi connectivity index (χ1) is 11.8. The minimum atomic E-state index is -0.0594. The highest BCUT2D eigenvalue weighted by Gasteiger charge is 2.20. The van der Waals surface area contributed by atoms with Crippen molar-refractivity contribution in [1.82, 2.24) is 25.0 Å². The first kappa shape index (κ1) is 15.3. The zero-order valence-electron chi connectivity index (χ0n) is 13.2. The third kappa shape index (κ3) is 3.18. The van der Waals surface area contributed by atoms with Crippen LogP contribution in [-0.2, 0) is 6.54 Å². The molecule has 0 saturated carbocycles.